The van der Waals surface area contributed by atoms with Gasteiger partial charge in [-0.05, 0) is 13.2 Å². The van der Waals surface area contributed by atoms with E-state index in [1.807, 2.05) is 0 Å². The Balaban J connectivity index is 2.34. The predicted molar refractivity (Wildman–Crippen MR) is 58.8 cm³/mol. The molecule has 2 rings (SSSR count). The molecule has 0 aliphatic carbocycles. The maximum atomic E-state index is 11.6. The summed E-state index contributed by atoms with van der Waals surface area (Å²) in [5.41, 5.74) is 0.367. The number of hydrogen-bond donors (Lipinski definition) is 0. The van der Waals surface area contributed by atoms with E-state index in [-0.39, 0.29) is 12.5 Å². The molecule has 6 nitrogen and oxygen atoms in total. The Morgan fingerprint density at radius 1 is 1.65 bits per heavy atom. The number of nitrogens with zero attached hydrogens (tertiary/aromatic N) is 2. The van der Waals surface area contributed by atoms with Gasteiger partial charge in [-0.25, -0.2) is 4.98 Å². The molecule has 0 amide bonds. The first-order valence-corrected chi connectivity index (χ1v) is 6.19. The van der Waals surface area contributed by atoms with Gasteiger partial charge in [-0.2, -0.15) is 4.98 Å². The molecule has 1 aromatic heterocycles. The summed E-state index contributed by atoms with van der Waals surface area (Å²) >= 11 is 1.33. The maximum Gasteiger partial charge on any atom is 0.331 e. The Hall–Kier alpha value is -1.63. The van der Waals surface area contributed by atoms with Crippen molar-refractivity contribution in [3.63, 3.8) is 0 Å². The topological polar surface area (TPSA) is 78.4 Å². The fraction of sp³-hybridized carbons (Fsp3) is 0.400. The lowest BCUT2D eigenvalue weighted by atomic mass is 10.1. The molecule has 0 spiro atoms. The summed E-state index contributed by atoms with van der Waals surface area (Å²) in [5.74, 6) is -2.20. The molecule has 0 radical (unpaired) electrons. The van der Waals surface area contributed by atoms with Gasteiger partial charge in [0.1, 0.15) is 0 Å². The highest BCUT2D eigenvalue weighted by molar-refractivity contribution is 7.98. The fourth-order valence-electron chi connectivity index (χ4n) is 1.47. The summed E-state index contributed by atoms with van der Waals surface area (Å²) in [6, 6.07) is 0. The molecule has 0 bridgehead atoms. The molecule has 0 saturated carbocycles. The SMILES string of the molecule is CCOC(=O)C1C(=O)Oc2nc(SC)ncc21. The summed E-state index contributed by atoms with van der Waals surface area (Å²) in [6.07, 6.45) is 3.24. The minimum atomic E-state index is -1.05. The van der Waals surface area contributed by atoms with Crippen LogP contribution in [0.5, 0.6) is 5.88 Å². The van der Waals surface area contributed by atoms with Gasteiger partial charge in [-0.1, -0.05) is 11.8 Å². The smallest absolute Gasteiger partial charge is 0.331 e. The van der Waals surface area contributed by atoms with Crippen LogP contribution in [0, 0.1) is 0 Å². The van der Waals surface area contributed by atoms with Crippen molar-refractivity contribution in [1.29, 1.82) is 0 Å². The lowest BCUT2D eigenvalue weighted by Crippen LogP contribution is -2.22. The summed E-state index contributed by atoms with van der Waals surface area (Å²) in [7, 11) is 0. The lowest BCUT2D eigenvalue weighted by Gasteiger charge is -2.05. The number of ether oxygens (including phenoxy) is 2. The van der Waals surface area contributed by atoms with Crippen LogP contribution in [0.4, 0.5) is 0 Å². The van der Waals surface area contributed by atoms with Crippen LogP contribution in [0.1, 0.15) is 18.4 Å². The first-order chi connectivity index (χ1) is 8.17. The second-order valence-corrected chi connectivity index (χ2v) is 4.00. The molecule has 1 atom stereocenters. The van der Waals surface area contributed by atoms with Crippen molar-refractivity contribution in [1.82, 2.24) is 9.97 Å². The molecule has 1 aliphatic heterocycles. The molecule has 0 aromatic carbocycles. The van der Waals surface area contributed by atoms with Crippen molar-refractivity contribution in [2.75, 3.05) is 12.9 Å². The zero-order valence-electron chi connectivity index (χ0n) is 9.30. The Morgan fingerprint density at radius 2 is 2.41 bits per heavy atom. The van der Waals surface area contributed by atoms with Gasteiger partial charge < -0.3 is 9.47 Å². The number of fused-ring (bicyclic) bond motifs is 1. The third kappa shape index (κ3) is 2.10. The van der Waals surface area contributed by atoms with Crippen LogP contribution in [0.15, 0.2) is 11.4 Å². The number of rotatable bonds is 3. The second-order valence-electron chi connectivity index (χ2n) is 3.22. The van der Waals surface area contributed by atoms with Gasteiger partial charge in [0.2, 0.25) is 5.88 Å². The number of esters is 2. The molecule has 2 heterocycles. The highest BCUT2D eigenvalue weighted by Crippen LogP contribution is 2.34. The summed E-state index contributed by atoms with van der Waals surface area (Å²) < 4.78 is 9.73. The summed E-state index contributed by atoms with van der Waals surface area (Å²) in [5, 5.41) is 0.487. The van der Waals surface area contributed by atoms with Crippen LogP contribution in [0.2, 0.25) is 0 Å². The molecule has 1 aliphatic rings. The van der Waals surface area contributed by atoms with E-state index in [2.05, 4.69) is 9.97 Å². The Morgan fingerprint density at radius 3 is 3.06 bits per heavy atom. The third-order valence-electron chi connectivity index (χ3n) is 2.21. The predicted octanol–water partition coefficient (Wildman–Crippen LogP) is 0.764. The molecule has 1 aromatic rings. The van der Waals surface area contributed by atoms with E-state index in [1.165, 1.54) is 18.0 Å². The molecule has 0 fully saturated rings. The van der Waals surface area contributed by atoms with Crippen LogP contribution >= 0.6 is 11.8 Å². The van der Waals surface area contributed by atoms with Crippen molar-refractivity contribution in [2.45, 2.75) is 18.0 Å². The van der Waals surface area contributed by atoms with Crippen molar-refractivity contribution in [2.24, 2.45) is 0 Å². The van der Waals surface area contributed by atoms with E-state index in [1.54, 1.807) is 13.2 Å². The first-order valence-electron chi connectivity index (χ1n) is 4.96. The van der Waals surface area contributed by atoms with Gasteiger partial charge >= 0.3 is 11.9 Å². The number of thioether (sulfide) groups is 1. The van der Waals surface area contributed by atoms with E-state index in [0.717, 1.165) is 0 Å². The fourth-order valence-corrected chi connectivity index (χ4v) is 1.80. The van der Waals surface area contributed by atoms with Gasteiger partial charge in [0.15, 0.2) is 11.1 Å². The Kier molecular flexibility index (Phi) is 3.28. The van der Waals surface area contributed by atoms with Gasteiger partial charge in [-0.15, -0.1) is 0 Å². The van der Waals surface area contributed by atoms with Crippen LogP contribution < -0.4 is 4.74 Å². The van der Waals surface area contributed by atoms with Gasteiger partial charge in [0.05, 0.1) is 12.2 Å². The van der Waals surface area contributed by atoms with E-state index < -0.39 is 17.9 Å². The lowest BCUT2D eigenvalue weighted by molar-refractivity contribution is -0.151. The van der Waals surface area contributed by atoms with E-state index in [4.69, 9.17) is 9.47 Å². The van der Waals surface area contributed by atoms with Crippen molar-refractivity contribution < 1.29 is 19.1 Å². The highest BCUT2D eigenvalue weighted by Gasteiger charge is 2.41. The zero-order valence-corrected chi connectivity index (χ0v) is 10.1. The van der Waals surface area contributed by atoms with Gasteiger partial charge in [0.25, 0.3) is 0 Å². The van der Waals surface area contributed by atoms with Crippen LogP contribution in [-0.4, -0.2) is 34.8 Å². The quantitative estimate of drug-likeness (QED) is 0.341. The number of carbonyl (C=O) groups excluding carboxylic acids is 2. The van der Waals surface area contributed by atoms with Crippen molar-refractivity contribution >= 4 is 23.7 Å². The van der Waals surface area contributed by atoms with Crippen LogP contribution in [-0.2, 0) is 14.3 Å². The van der Waals surface area contributed by atoms with Gasteiger partial charge in [-0.3, -0.25) is 9.59 Å². The normalized spacial score (nSPS) is 17.5. The molecule has 7 heteroatoms. The molecule has 90 valence electrons. The first kappa shape index (κ1) is 11.8. The van der Waals surface area contributed by atoms with Crippen molar-refractivity contribution in [3.05, 3.63) is 11.8 Å². The number of aromatic nitrogens is 2. The highest BCUT2D eigenvalue weighted by atomic mass is 32.2. The molecule has 1 unspecified atom stereocenters. The molecule has 17 heavy (non-hydrogen) atoms. The largest absolute Gasteiger partial charge is 0.465 e. The molecular weight excluding hydrogens is 244 g/mol. The van der Waals surface area contributed by atoms with Crippen LogP contribution in [0.3, 0.4) is 0 Å². The number of carbonyl (C=O) groups is 2. The zero-order chi connectivity index (χ0) is 12.4. The minimum absolute atomic E-state index is 0.146. The van der Waals surface area contributed by atoms with Crippen LogP contribution in [0.25, 0.3) is 0 Å². The average molecular weight is 254 g/mol. The second kappa shape index (κ2) is 4.70. The Labute approximate surface area is 102 Å². The average Bonchev–Trinajstić information content (AvgIpc) is 2.64. The standard InChI is InChI=1S/C10H10N2O4S/c1-3-15-8(13)6-5-4-11-10(17-2)12-7(5)16-9(6)14/h4,6H,3H2,1-2H3. The van der Waals surface area contributed by atoms with Gasteiger partial charge in [0, 0.05) is 6.20 Å². The van der Waals surface area contributed by atoms with E-state index >= 15 is 0 Å². The Bertz CT molecular complexity index is 477. The monoisotopic (exact) mass is 254 g/mol. The molecule has 0 N–H and O–H groups in total. The minimum Gasteiger partial charge on any atom is -0.465 e. The molecular formula is C10H10N2O4S. The summed E-state index contributed by atoms with van der Waals surface area (Å²) in [4.78, 5) is 31.2. The summed E-state index contributed by atoms with van der Waals surface area (Å²) in [6.45, 7) is 1.88. The molecule has 0 saturated heterocycles. The maximum absolute atomic E-state index is 11.6. The third-order valence-corrected chi connectivity index (χ3v) is 2.77. The van der Waals surface area contributed by atoms with Crippen molar-refractivity contribution in [3.8, 4) is 5.88 Å². The number of hydrogen-bond acceptors (Lipinski definition) is 7. The van der Waals surface area contributed by atoms with E-state index in [9.17, 15) is 9.59 Å². The van der Waals surface area contributed by atoms with E-state index in [0.29, 0.717) is 10.7 Å².